The third kappa shape index (κ3) is 3.89. The summed E-state index contributed by atoms with van der Waals surface area (Å²) in [4.78, 5) is 18.9. The summed E-state index contributed by atoms with van der Waals surface area (Å²) in [5.74, 6) is -1.22. The average molecular weight is 389 g/mol. The topological polar surface area (TPSA) is 121 Å². The molecule has 0 spiro atoms. The van der Waals surface area contributed by atoms with Crippen molar-refractivity contribution in [2.45, 2.75) is 19.8 Å². The van der Waals surface area contributed by atoms with Gasteiger partial charge in [0.1, 0.15) is 0 Å². The fourth-order valence-corrected chi connectivity index (χ4v) is 3.58. The molecule has 1 aliphatic heterocycles. The predicted octanol–water partition coefficient (Wildman–Crippen LogP) is 2.35. The van der Waals surface area contributed by atoms with E-state index in [-0.39, 0.29) is 5.91 Å². The van der Waals surface area contributed by atoms with E-state index in [4.69, 9.17) is 0 Å². The summed E-state index contributed by atoms with van der Waals surface area (Å²) in [5.41, 5.74) is 3.59. The molecular formula is C21H23N7O. The minimum atomic E-state index is -0.532. The number of nitrogens with one attached hydrogen (secondary N) is 2. The summed E-state index contributed by atoms with van der Waals surface area (Å²) in [6.07, 6.45) is 0. The third-order valence-electron chi connectivity index (χ3n) is 5.09. The van der Waals surface area contributed by atoms with Crippen LogP contribution in [0, 0.1) is 28.6 Å². The lowest BCUT2D eigenvalue weighted by atomic mass is 9.76. The number of benzene rings is 1. The van der Waals surface area contributed by atoms with Gasteiger partial charge >= 0.3 is 0 Å². The number of hydrogen-bond acceptors (Lipinski definition) is 6. The van der Waals surface area contributed by atoms with Gasteiger partial charge in [0.2, 0.25) is 0 Å². The molecule has 8 heteroatoms. The predicted molar refractivity (Wildman–Crippen MR) is 110 cm³/mol. The second-order valence-electron chi connectivity index (χ2n) is 7.38. The molecule has 8 nitrogen and oxygen atoms in total. The van der Waals surface area contributed by atoms with Crippen molar-refractivity contribution >= 4 is 22.5 Å². The number of nitrogens with zero attached hydrogens (tertiary/aromatic N) is 5. The first kappa shape index (κ1) is 20.2. The number of aliphatic imine (C=N–C) groups is 1. The molecule has 1 aliphatic rings. The van der Waals surface area contributed by atoms with Crippen molar-refractivity contribution < 1.29 is 4.79 Å². The van der Waals surface area contributed by atoms with E-state index in [0.717, 1.165) is 17.6 Å². The summed E-state index contributed by atoms with van der Waals surface area (Å²) >= 11 is 0. The van der Waals surface area contributed by atoms with Gasteiger partial charge in [0.15, 0.2) is 5.69 Å². The quantitative estimate of drug-likeness (QED) is 0.813. The molecule has 1 aromatic carbocycles. The Bertz CT molecular complexity index is 1090. The van der Waals surface area contributed by atoms with Crippen LogP contribution in [0.5, 0.6) is 0 Å². The van der Waals surface area contributed by atoms with Crippen LogP contribution in [0.2, 0.25) is 0 Å². The van der Waals surface area contributed by atoms with Crippen LogP contribution in [-0.2, 0) is 0 Å². The second kappa shape index (κ2) is 8.26. The lowest BCUT2D eigenvalue weighted by molar-refractivity contribution is 0.0947. The third-order valence-corrected chi connectivity index (χ3v) is 5.09. The minimum Gasteiger partial charge on any atom is -0.349 e. The van der Waals surface area contributed by atoms with Crippen LogP contribution >= 0.6 is 0 Å². The largest absolute Gasteiger partial charge is 0.349 e. The zero-order valence-corrected chi connectivity index (χ0v) is 16.9. The number of amides is 1. The van der Waals surface area contributed by atoms with E-state index in [9.17, 15) is 15.3 Å². The molecule has 1 amide bonds. The van der Waals surface area contributed by atoms with Crippen molar-refractivity contribution in [3.8, 4) is 12.1 Å². The van der Waals surface area contributed by atoms with Crippen molar-refractivity contribution in [2.24, 2.45) is 10.9 Å². The number of carbonyl (C=O) groups is 1. The Morgan fingerprint density at radius 1 is 1.31 bits per heavy atom. The second-order valence-corrected chi connectivity index (χ2v) is 7.38. The van der Waals surface area contributed by atoms with Gasteiger partial charge in [-0.25, -0.2) is 0 Å². The first-order chi connectivity index (χ1) is 13.9. The number of aromatic amines is 1. The molecule has 2 atom stereocenters. The standard InChI is InChI=1S/C21H23N7O/c1-12-16(10-22)19(17(11-23)13(2)25-12)14-5-6-18-15(9-14)20(27-26-18)21(29)24-7-8-28(3)4/h5-6,9,16,19H,7-8H2,1-4H3,(H,24,29)(H,26,27). The van der Waals surface area contributed by atoms with Gasteiger partial charge in [0.05, 0.1) is 34.8 Å². The molecule has 2 heterocycles. The fourth-order valence-electron chi connectivity index (χ4n) is 3.58. The number of likely N-dealkylation sites (N-methyl/N-ethyl adjacent to an activating group) is 1. The minimum absolute atomic E-state index is 0.263. The number of fused-ring (bicyclic) bond motifs is 1. The number of nitriles is 2. The SMILES string of the molecule is CC1=NC(C)=C(C#N)C(c2ccc3[nH]nc(C(=O)NCCN(C)C)c3c2)C1C#N. The maximum absolute atomic E-state index is 12.6. The number of aromatic nitrogens is 2. The van der Waals surface area contributed by atoms with E-state index in [2.05, 4.69) is 32.6 Å². The van der Waals surface area contributed by atoms with Gasteiger partial charge in [0.25, 0.3) is 5.91 Å². The lowest BCUT2D eigenvalue weighted by Crippen LogP contribution is -2.31. The van der Waals surface area contributed by atoms with Gasteiger partial charge in [-0.15, -0.1) is 0 Å². The van der Waals surface area contributed by atoms with E-state index < -0.39 is 11.8 Å². The van der Waals surface area contributed by atoms with Crippen LogP contribution < -0.4 is 5.32 Å². The molecule has 0 fully saturated rings. The van der Waals surface area contributed by atoms with Gasteiger partial charge in [-0.05, 0) is 45.6 Å². The molecule has 148 valence electrons. The maximum atomic E-state index is 12.6. The molecule has 0 bridgehead atoms. The zero-order chi connectivity index (χ0) is 21.1. The first-order valence-corrected chi connectivity index (χ1v) is 9.34. The van der Waals surface area contributed by atoms with Crippen LogP contribution in [0.25, 0.3) is 10.9 Å². The van der Waals surface area contributed by atoms with E-state index in [1.807, 2.05) is 37.2 Å². The molecule has 2 unspecified atom stereocenters. The van der Waals surface area contributed by atoms with E-state index in [0.29, 0.717) is 34.6 Å². The Morgan fingerprint density at radius 2 is 2.07 bits per heavy atom. The van der Waals surface area contributed by atoms with Gasteiger partial charge in [-0.3, -0.25) is 14.9 Å². The number of allylic oxidation sites excluding steroid dienone is 2. The zero-order valence-electron chi connectivity index (χ0n) is 16.9. The molecule has 2 aromatic rings. The van der Waals surface area contributed by atoms with Crippen LogP contribution in [0.15, 0.2) is 34.5 Å². The highest BCUT2D eigenvalue weighted by atomic mass is 16.1. The lowest BCUT2D eigenvalue weighted by Gasteiger charge is -2.26. The van der Waals surface area contributed by atoms with E-state index >= 15 is 0 Å². The molecule has 2 N–H and O–H groups in total. The average Bonchev–Trinajstić information content (AvgIpc) is 3.10. The molecule has 3 rings (SSSR count). The highest BCUT2D eigenvalue weighted by molar-refractivity contribution is 6.05. The molecule has 0 saturated carbocycles. The molecule has 0 radical (unpaired) electrons. The Morgan fingerprint density at radius 3 is 2.72 bits per heavy atom. The van der Waals surface area contributed by atoms with Gasteiger partial charge in [-0.2, -0.15) is 15.6 Å². The Hall–Kier alpha value is -3.49. The monoisotopic (exact) mass is 389 g/mol. The fraction of sp³-hybridized carbons (Fsp3) is 0.381. The number of H-pyrrole nitrogens is 1. The summed E-state index contributed by atoms with van der Waals surface area (Å²) in [7, 11) is 3.87. The van der Waals surface area contributed by atoms with Gasteiger partial charge < -0.3 is 10.2 Å². The summed E-state index contributed by atoms with van der Waals surface area (Å²) in [6, 6.07) is 10.0. The summed E-state index contributed by atoms with van der Waals surface area (Å²) in [5, 5.41) is 30.0. The van der Waals surface area contributed by atoms with Gasteiger partial charge in [0, 0.05) is 30.1 Å². The first-order valence-electron chi connectivity index (χ1n) is 9.34. The van der Waals surface area contributed by atoms with Crippen molar-refractivity contribution in [2.75, 3.05) is 27.2 Å². The normalized spacial score (nSPS) is 19.1. The Balaban J connectivity index is 2.01. The Kier molecular flexibility index (Phi) is 5.76. The highest BCUT2D eigenvalue weighted by Crippen LogP contribution is 2.39. The van der Waals surface area contributed by atoms with Gasteiger partial charge in [-0.1, -0.05) is 6.07 Å². The van der Waals surface area contributed by atoms with Crippen LogP contribution in [-0.4, -0.2) is 53.9 Å². The van der Waals surface area contributed by atoms with E-state index in [1.165, 1.54) is 0 Å². The molecular weight excluding hydrogens is 366 g/mol. The number of rotatable bonds is 5. The van der Waals surface area contributed by atoms with Crippen LogP contribution in [0.1, 0.15) is 35.8 Å². The van der Waals surface area contributed by atoms with Crippen LogP contribution in [0.4, 0.5) is 0 Å². The Labute approximate surface area is 169 Å². The molecule has 0 aliphatic carbocycles. The highest BCUT2D eigenvalue weighted by Gasteiger charge is 2.34. The smallest absolute Gasteiger partial charge is 0.272 e. The molecule has 0 saturated heterocycles. The summed E-state index contributed by atoms with van der Waals surface area (Å²) in [6.45, 7) is 4.82. The van der Waals surface area contributed by atoms with Crippen molar-refractivity contribution in [1.29, 1.82) is 10.5 Å². The van der Waals surface area contributed by atoms with Crippen molar-refractivity contribution in [3.05, 3.63) is 40.7 Å². The molecule has 1 aromatic heterocycles. The van der Waals surface area contributed by atoms with E-state index in [1.54, 1.807) is 13.8 Å². The maximum Gasteiger partial charge on any atom is 0.272 e. The molecule has 29 heavy (non-hydrogen) atoms. The number of hydrogen-bond donors (Lipinski definition) is 2. The number of carbonyl (C=O) groups excluding carboxylic acids is 1. The summed E-state index contributed by atoms with van der Waals surface area (Å²) < 4.78 is 0. The van der Waals surface area contributed by atoms with Crippen LogP contribution in [0.3, 0.4) is 0 Å². The van der Waals surface area contributed by atoms with Crippen molar-refractivity contribution in [1.82, 2.24) is 20.4 Å². The van der Waals surface area contributed by atoms with Crippen molar-refractivity contribution in [3.63, 3.8) is 0 Å².